The molecule has 0 radical (unpaired) electrons. The number of carbonyl (C=O) groups is 1. The zero-order valence-corrected chi connectivity index (χ0v) is 17.3. The minimum Gasteiger partial charge on any atom is -0.464 e. The first-order chi connectivity index (χ1) is 15.1. The van der Waals surface area contributed by atoms with Gasteiger partial charge in [0.15, 0.2) is 5.82 Å². The lowest BCUT2D eigenvalue weighted by Crippen LogP contribution is -2.15. The molecule has 0 bridgehead atoms. The van der Waals surface area contributed by atoms with Crippen molar-refractivity contribution in [2.45, 2.75) is 45.6 Å². The van der Waals surface area contributed by atoms with Gasteiger partial charge in [-0.1, -0.05) is 18.6 Å². The van der Waals surface area contributed by atoms with Gasteiger partial charge in [-0.15, -0.1) is 10.2 Å². The number of aryl methyl sites for hydroxylation is 2. The van der Waals surface area contributed by atoms with Gasteiger partial charge in [0.2, 0.25) is 5.91 Å². The SMILES string of the molecule is Cc1ccc2c(CC(=O)Nc3cc(-c4nnc5n4CCCCC5)ccc3F)coc2c1. The van der Waals surface area contributed by atoms with E-state index in [2.05, 4.69) is 20.1 Å². The van der Waals surface area contributed by atoms with Gasteiger partial charge in [0.25, 0.3) is 0 Å². The van der Waals surface area contributed by atoms with Gasteiger partial charge >= 0.3 is 0 Å². The number of rotatable bonds is 4. The van der Waals surface area contributed by atoms with E-state index in [1.165, 1.54) is 6.07 Å². The number of amides is 1. The van der Waals surface area contributed by atoms with Crippen LogP contribution in [0.4, 0.5) is 10.1 Å². The zero-order chi connectivity index (χ0) is 21.4. The molecular weight excluding hydrogens is 395 g/mol. The fourth-order valence-electron chi connectivity index (χ4n) is 4.15. The second-order valence-electron chi connectivity index (χ2n) is 8.08. The first kappa shape index (κ1) is 19.5. The second kappa shape index (κ2) is 7.98. The second-order valence-corrected chi connectivity index (χ2v) is 8.08. The van der Waals surface area contributed by atoms with Gasteiger partial charge in [-0.2, -0.15) is 0 Å². The van der Waals surface area contributed by atoms with Gasteiger partial charge in [0.05, 0.1) is 18.4 Å². The summed E-state index contributed by atoms with van der Waals surface area (Å²) < 4.78 is 22.1. The van der Waals surface area contributed by atoms with E-state index in [0.29, 0.717) is 5.82 Å². The van der Waals surface area contributed by atoms with Crippen molar-refractivity contribution in [3.8, 4) is 11.4 Å². The molecule has 4 aromatic rings. The Bertz CT molecular complexity index is 1270. The maximum absolute atomic E-state index is 14.5. The minimum absolute atomic E-state index is 0.0973. The lowest BCUT2D eigenvalue weighted by atomic mass is 10.1. The first-order valence-electron chi connectivity index (χ1n) is 10.6. The molecule has 3 heterocycles. The van der Waals surface area contributed by atoms with Crippen LogP contribution < -0.4 is 5.32 Å². The highest BCUT2D eigenvalue weighted by molar-refractivity contribution is 5.95. The molecule has 1 amide bonds. The minimum atomic E-state index is -0.486. The molecule has 158 valence electrons. The Morgan fingerprint density at radius 3 is 2.97 bits per heavy atom. The number of carbonyl (C=O) groups excluding carboxylic acids is 1. The number of anilines is 1. The number of nitrogens with zero attached hydrogens (tertiary/aromatic N) is 3. The van der Waals surface area contributed by atoms with E-state index in [9.17, 15) is 9.18 Å². The summed E-state index contributed by atoms with van der Waals surface area (Å²) in [6.45, 7) is 2.84. The Kier molecular flexibility index (Phi) is 5.02. The number of furan rings is 1. The van der Waals surface area contributed by atoms with E-state index in [0.717, 1.165) is 65.7 Å². The third kappa shape index (κ3) is 3.83. The molecule has 2 aromatic carbocycles. The summed E-state index contributed by atoms with van der Waals surface area (Å²) in [7, 11) is 0. The molecule has 0 saturated carbocycles. The van der Waals surface area contributed by atoms with E-state index in [-0.39, 0.29) is 18.0 Å². The van der Waals surface area contributed by atoms with Crippen molar-refractivity contribution in [1.29, 1.82) is 0 Å². The van der Waals surface area contributed by atoms with Crippen LogP contribution in [0, 0.1) is 12.7 Å². The normalized spacial score (nSPS) is 13.7. The van der Waals surface area contributed by atoms with E-state index < -0.39 is 5.82 Å². The Morgan fingerprint density at radius 2 is 2.06 bits per heavy atom. The lowest BCUT2D eigenvalue weighted by molar-refractivity contribution is -0.115. The predicted molar refractivity (Wildman–Crippen MR) is 116 cm³/mol. The third-order valence-electron chi connectivity index (χ3n) is 5.77. The van der Waals surface area contributed by atoms with E-state index in [1.54, 1.807) is 18.4 Å². The average Bonchev–Trinajstić information content (AvgIpc) is 3.25. The fourth-order valence-corrected chi connectivity index (χ4v) is 4.15. The van der Waals surface area contributed by atoms with E-state index in [1.807, 2.05) is 25.1 Å². The Hall–Kier alpha value is -3.48. The predicted octanol–water partition coefficient (Wildman–Crippen LogP) is 5.05. The summed E-state index contributed by atoms with van der Waals surface area (Å²) in [5.74, 6) is 0.882. The Balaban J connectivity index is 1.38. The third-order valence-corrected chi connectivity index (χ3v) is 5.77. The quantitative estimate of drug-likeness (QED) is 0.504. The lowest BCUT2D eigenvalue weighted by Gasteiger charge is -2.10. The molecule has 0 unspecified atom stereocenters. The van der Waals surface area contributed by atoms with Crippen LogP contribution in [-0.4, -0.2) is 20.7 Å². The number of hydrogen-bond acceptors (Lipinski definition) is 4. The molecule has 0 fully saturated rings. The molecule has 7 heteroatoms. The van der Waals surface area contributed by atoms with Crippen LogP contribution in [-0.2, 0) is 24.2 Å². The smallest absolute Gasteiger partial charge is 0.229 e. The highest BCUT2D eigenvalue weighted by atomic mass is 19.1. The molecule has 2 aromatic heterocycles. The van der Waals surface area contributed by atoms with Crippen molar-refractivity contribution in [2.24, 2.45) is 0 Å². The summed E-state index contributed by atoms with van der Waals surface area (Å²) in [4.78, 5) is 12.7. The summed E-state index contributed by atoms with van der Waals surface area (Å²) in [6.07, 6.45) is 5.92. The molecule has 31 heavy (non-hydrogen) atoms. The molecule has 0 atom stereocenters. The largest absolute Gasteiger partial charge is 0.464 e. The van der Waals surface area contributed by atoms with E-state index >= 15 is 0 Å². The molecule has 0 saturated heterocycles. The highest BCUT2D eigenvalue weighted by Gasteiger charge is 2.18. The summed E-state index contributed by atoms with van der Waals surface area (Å²) in [6, 6.07) is 10.5. The van der Waals surface area contributed by atoms with Crippen LogP contribution in [0.1, 0.15) is 36.2 Å². The van der Waals surface area contributed by atoms with Gasteiger partial charge < -0.3 is 14.3 Å². The van der Waals surface area contributed by atoms with Crippen molar-refractivity contribution >= 4 is 22.6 Å². The standard InChI is InChI=1S/C24H23FN4O2/c1-15-6-8-18-17(14-31-21(18)11-15)13-23(30)26-20-12-16(7-9-19(20)25)24-28-27-22-5-3-2-4-10-29(22)24/h6-9,11-12,14H,2-5,10,13H2,1H3,(H,26,30). The van der Waals surface area contributed by atoms with Crippen molar-refractivity contribution < 1.29 is 13.6 Å². The average molecular weight is 418 g/mol. The van der Waals surface area contributed by atoms with Gasteiger partial charge in [0, 0.05) is 29.5 Å². The molecule has 6 nitrogen and oxygen atoms in total. The first-order valence-corrected chi connectivity index (χ1v) is 10.6. The van der Waals surface area contributed by atoms with Gasteiger partial charge in [-0.05, 0) is 49.6 Å². The maximum Gasteiger partial charge on any atom is 0.229 e. The molecule has 1 aliphatic rings. The van der Waals surface area contributed by atoms with Crippen LogP contribution in [0.15, 0.2) is 47.1 Å². The van der Waals surface area contributed by atoms with Crippen molar-refractivity contribution in [2.75, 3.05) is 5.32 Å². The van der Waals surface area contributed by atoms with Crippen LogP contribution in [0.3, 0.4) is 0 Å². The molecule has 1 N–H and O–H groups in total. The molecule has 5 rings (SSSR count). The Morgan fingerprint density at radius 1 is 1.16 bits per heavy atom. The van der Waals surface area contributed by atoms with Crippen molar-refractivity contribution in [3.63, 3.8) is 0 Å². The van der Waals surface area contributed by atoms with Gasteiger partial charge in [0.1, 0.15) is 17.2 Å². The number of nitrogens with one attached hydrogen (secondary N) is 1. The fraction of sp³-hybridized carbons (Fsp3) is 0.292. The van der Waals surface area contributed by atoms with Gasteiger partial charge in [-0.3, -0.25) is 4.79 Å². The van der Waals surface area contributed by atoms with Crippen LogP contribution in [0.5, 0.6) is 0 Å². The summed E-state index contributed by atoms with van der Waals surface area (Å²) >= 11 is 0. The maximum atomic E-state index is 14.5. The highest BCUT2D eigenvalue weighted by Crippen LogP contribution is 2.27. The topological polar surface area (TPSA) is 73.0 Å². The van der Waals surface area contributed by atoms with Gasteiger partial charge in [-0.25, -0.2) is 4.39 Å². The monoisotopic (exact) mass is 418 g/mol. The molecule has 0 spiro atoms. The van der Waals surface area contributed by atoms with Crippen molar-refractivity contribution in [1.82, 2.24) is 14.8 Å². The summed E-state index contributed by atoms with van der Waals surface area (Å²) in [5, 5.41) is 12.2. The molecule has 1 aliphatic heterocycles. The zero-order valence-electron chi connectivity index (χ0n) is 17.3. The van der Waals surface area contributed by atoms with Crippen LogP contribution in [0.25, 0.3) is 22.4 Å². The van der Waals surface area contributed by atoms with E-state index in [4.69, 9.17) is 4.42 Å². The van der Waals surface area contributed by atoms with Crippen LogP contribution in [0.2, 0.25) is 0 Å². The number of halogens is 1. The number of hydrogen-bond donors (Lipinski definition) is 1. The molecule has 0 aliphatic carbocycles. The number of aromatic nitrogens is 3. The van der Waals surface area contributed by atoms with Crippen LogP contribution >= 0.6 is 0 Å². The van der Waals surface area contributed by atoms with Crippen molar-refractivity contribution in [3.05, 3.63) is 65.4 Å². The number of benzene rings is 2. The Labute approximate surface area is 179 Å². The number of fused-ring (bicyclic) bond motifs is 2. The molecular formula is C24H23FN4O2. The summed E-state index contributed by atoms with van der Waals surface area (Å²) in [5.41, 5.74) is 3.47.